The minimum absolute atomic E-state index is 0.0247. The monoisotopic (exact) mass is 389 g/mol. The Labute approximate surface area is 164 Å². The lowest BCUT2D eigenvalue weighted by molar-refractivity contribution is 0.0515. The number of aliphatic hydroxyl groups excluding tert-OH is 1. The first-order valence-electron chi connectivity index (χ1n) is 9.41. The number of aliphatic hydroxyl groups is 1. The van der Waals surface area contributed by atoms with Crippen molar-refractivity contribution in [2.75, 3.05) is 34.0 Å². The third-order valence-corrected chi connectivity index (χ3v) is 4.88. The number of hydrogen-bond acceptors (Lipinski definition) is 7. The van der Waals surface area contributed by atoms with Gasteiger partial charge in [0.15, 0.2) is 5.69 Å². The number of carbonyl (C=O) groups is 1. The molecule has 152 valence electrons. The number of carbonyl (C=O) groups excluding carboxylic acids is 1. The molecule has 0 amide bonds. The van der Waals surface area contributed by atoms with Gasteiger partial charge >= 0.3 is 5.97 Å². The Morgan fingerprint density at radius 2 is 2.11 bits per heavy atom. The summed E-state index contributed by atoms with van der Waals surface area (Å²) >= 11 is 0. The van der Waals surface area contributed by atoms with Crippen molar-refractivity contribution in [3.63, 3.8) is 0 Å². The van der Waals surface area contributed by atoms with Crippen molar-refractivity contribution in [2.24, 2.45) is 0 Å². The van der Waals surface area contributed by atoms with Gasteiger partial charge in [0.25, 0.3) is 0 Å². The van der Waals surface area contributed by atoms with Gasteiger partial charge in [0.05, 0.1) is 34.0 Å². The number of fused-ring (bicyclic) bond motifs is 1. The summed E-state index contributed by atoms with van der Waals surface area (Å²) in [6.45, 7) is 4.51. The van der Waals surface area contributed by atoms with Crippen LogP contribution >= 0.6 is 0 Å². The second kappa shape index (κ2) is 9.07. The molecule has 8 heteroatoms. The molecule has 0 spiro atoms. The first-order chi connectivity index (χ1) is 13.6. The van der Waals surface area contributed by atoms with E-state index in [-0.39, 0.29) is 6.61 Å². The molecule has 2 aromatic rings. The van der Waals surface area contributed by atoms with Gasteiger partial charge in [-0.15, -0.1) is 0 Å². The topological polar surface area (TPSA) is 86.0 Å². The van der Waals surface area contributed by atoms with Gasteiger partial charge in [-0.05, 0) is 13.0 Å². The van der Waals surface area contributed by atoms with Crippen LogP contribution in [0.2, 0.25) is 0 Å². The zero-order valence-corrected chi connectivity index (χ0v) is 16.6. The SMILES string of the molecule is CCOC(=O)c1nn(CCO)c2c1CN(Cc1ccc(OC)cc1OC)CC2. The number of methoxy groups -OCH3 is 2. The van der Waals surface area contributed by atoms with Crippen LogP contribution < -0.4 is 9.47 Å². The van der Waals surface area contributed by atoms with Crippen molar-refractivity contribution in [2.45, 2.75) is 33.0 Å². The Morgan fingerprint density at radius 1 is 1.29 bits per heavy atom. The number of aromatic nitrogens is 2. The van der Waals surface area contributed by atoms with Crippen LogP contribution in [0, 0.1) is 0 Å². The number of esters is 1. The fraction of sp³-hybridized carbons (Fsp3) is 0.500. The Kier molecular flexibility index (Phi) is 6.53. The van der Waals surface area contributed by atoms with E-state index in [1.54, 1.807) is 25.8 Å². The average molecular weight is 389 g/mol. The third kappa shape index (κ3) is 4.13. The molecule has 0 fully saturated rings. The van der Waals surface area contributed by atoms with Gasteiger partial charge in [0, 0.05) is 48.9 Å². The fourth-order valence-electron chi connectivity index (χ4n) is 3.55. The number of hydrogen-bond donors (Lipinski definition) is 1. The molecule has 0 saturated heterocycles. The molecule has 0 radical (unpaired) electrons. The first kappa shape index (κ1) is 20.2. The number of rotatable bonds is 8. The molecule has 3 rings (SSSR count). The zero-order chi connectivity index (χ0) is 20.1. The maximum atomic E-state index is 12.4. The molecular formula is C20H27N3O5. The van der Waals surface area contributed by atoms with Crippen LogP contribution in [0.5, 0.6) is 11.5 Å². The molecule has 0 unspecified atom stereocenters. The van der Waals surface area contributed by atoms with E-state index in [1.807, 2.05) is 18.2 Å². The highest BCUT2D eigenvalue weighted by Gasteiger charge is 2.29. The average Bonchev–Trinajstić information content (AvgIpc) is 3.06. The Bertz CT molecular complexity index is 833. The lowest BCUT2D eigenvalue weighted by Gasteiger charge is -2.28. The van der Waals surface area contributed by atoms with Gasteiger partial charge in [-0.2, -0.15) is 5.10 Å². The van der Waals surface area contributed by atoms with Crippen LogP contribution in [0.1, 0.15) is 34.2 Å². The van der Waals surface area contributed by atoms with Crippen LogP contribution in [0.3, 0.4) is 0 Å². The summed E-state index contributed by atoms with van der Waals surface area (Å²) < 4.78 is 17.7. The van der Waals surface area contributed by atoms with E-state index >= 15 is 0 Å². The van der Waals surface area contributed by atoms with Gasteiger partial charge in [0.1, 0.15) is 11.5 Å². The van der Waals surface area contributed by atoms with Crippen molar-refractivity contribution in [3.05, 3.63) is 40.7 Å². The van der Waals surface area contributed by atoms with Crippen LogP contribution in [0.25, 0.3) is 0 Å². The van der Waals surface area contributed by atoms with E-state index in [0.717, 1.165) is 41.3 Å². The van der Waals surface area contributed by atoms with E-state index in [2.05, 4.69) is 10.00 Å². The molecule has 1 aromatic carbocycles. The Balaban J connectivity index is 1.84. The second-order valence-corrected chi connectivity index (χ2v) is 6.58. The van der Waals surface area contributed by atoms with Gasteiger partial charge in [-0.25, -0.2) is 4.79 Å². The molecule has 2 heterocycles. The number of nitrogens with zero attached hydrogens (tertiary/aromatic N) is 3. The molecule has 1 aliphatic rings. The van der Waals surface area contributed by atoms with Gasteiger partial charge in [-0.1, -0.05) is 6.07 Å². The van der Waals surface area contributed by atoms with Crippen molar-refractivity contribution < 1.29 is 24.1 Å². The van der Waals surface area contributed by atoms with Crippen molar-refractivity contribution in [1.82, 2.24) is 14.7 Å². The van der Waals surface area contributed by atoms with Crippen LogP contribution in [-0.2, 0) is 30.8 Å². The van der Waals surface area contributed by atoms with Crippen LogP contribution in [-0.4, -0.2) is 59.7 Å². The number of benzene rings is 1. The lowest BCUT2D eigenvalue weighted by Crippen LogP contribution is -2.31. The first-order valence-corrected chi connectivity index (χ1v) is 9.41. The smallest absolute Gasteiger partial charge is 0.359 e. The maximum Gasteiger partial charge on any atom is 0.359 e. The number of ether oxygens (including phenoxy) is 3. The summed E-state index contributed by atoms with van der Waals surface area (Å²) in [5.74, 6) is 1.10. The molecule has 0 aliphatic carbocycles. The van der Waals surface area contributed by atoms with Gasteiger partial charge < -0.3 is 19.3 Å². The summed E-state index contributed by atoms with van der Waals surface area (Å²) in [7, 11) is 3.27. The minimum atomic E-state index is -0.417. The maximum absolute atomic E-state index is 12.4. The second-order valence-electron chi connectivity index (χ2n) is 6.58. The van der Waals surface area contributed by atoms with Gasteiger partial charge in [0.2, 0.25) is 0 Å². The fourth-order valence-corrected chi connectivity index (χ4v) is 3.55. The van der Waals surface area contributed by atoms with Crippen LogP contribution in [0.4, 0.5) is 0 Å². The molecule has 1 N–H and O–H groups in total. The van der Waals surface area contributed by atoms with Crippen molar-refractivity contribution in [1.29, 1.82) is 0 Å². The van der Waals surface area contributed by atoms with Crippen molar-refractivity contribution >= 4 is 5.97 Å². The summed E-state index contributed by atoms with van der Waals surface area (Å²) in [4.78, 5) is 14.6. The van der Waals surface area contributed by atoms with E-state index in [0.29, 0.717) is 31.9 Å². The van der Waals surface area contributed by atoms with Crippen LogP contribution in [0.15, 0.2) is 18.2 Å². The normalized spacial score (nSPS) is 13.9. The molecule has 0 bridgehead atoms. The molecule has 1 aliphatic heterocycles. The molecule has 28 heavy (non-hydrogen) atoms. The quantitative estimate of drug-likeness (QED) is 0.687. The van der Waals surface area contributed by atoms with Crippen molar-refractivity contribution in [3.8, 4) is 11.5 Å². The molecule has 1 aromatic heterocycles. The van der Waals surface area contributed by atoms with Gasteiger partial charge in [-0.3, -0.25) is 9.58 Å². The van der Waals surface area contributed by atoms with E-state index in [4.69, 9.17) is 14.2 Å². The van der Waals surface area contributed by atoms with E-state index in [9.17, 15) is 9.90 Å². The molecular weight excluding hydrogens is 362 g/mol. The predicted octanol–water partition coefficient (Wildman–Crippen LogP) is 1.63. The highest BCUT2D eigenvalue weighted by atomic mass is 16.5. The van der Waals surface area contributed by atoms with E-state index < -0.39 is 5.97 Å². The summed E-state index contributed by atoms with van der Waals surface area (Å²) in [5.41, 5.74) is 3.27. The van der Waals surface area contributed by atoms with E-state index in [1.165, 1.54) is 0 Å². The predicted molar refractivity (Wildman–Crippen MR) is 103 cm³/mol. The minimum Gasteiger partial charge on any atom is -0.497 e. The highest BCUT2D eigenvalue weighted by molar-refractivity contribution is 5.89. The Hall–Kier alpha value is -2.58. The zero-order valence-electron chi connectivity index (χ0n) is 16.6. The molecule has 0 saturated carbocycles. The summed E-state index contributed by atoms with van der Waals surface area (Å²) in [6.07, 6.45) is 0.750. The standard InChI is InChI=1S/C20H27N3O5/c1-4-28-20(25)19-16-13-22(8-7-17(16)23(21-19)9-10-24)12-14-5-6-15(26-2)11-18(14)27-3/h5-6,11,24H,4,7-10,12-13H2,1-3H3. The lowest BCUT2D eigenvalue weighted by atomic mass is 10.0. The largest absolute Gasteiger partial charge is 0.497 e. The molecule has 0 atom stereocenters. The highest BCUT2D eigenvalue weighted by Crippen LogP contribution is 2.29. The Morgan fingerprint density at radius 3 is 2.79 bits per heavy atom. The summed E-state index contributed by atoms with van der Waals surface area (Å²) in [5, 5.41) is 13.7. The third-order valence-electron chi connectivity index (χ3n) is 4.88. The summed E-state index contributed by atoms with van der Waals surface area (Å²) in [6, 6.07) is 5.78. The molecule has 8 nitrogen and oxygen atoms in total.